The van der Waals surface area contributed by atoms with E-state index in [2.05, 4.69) is 32.0 Å². The monoisotopic (exact) mass is 368 g/mol. The minimum atomic E-state index is 0.573. The number of hydrogen-bond acceptors (Lipinski definition) is 1. The molecule has 5 atom stereocenters. The Morgan fingerprint density at radius 2 is 1.63 bits per heavy atom. The molecule has 0 N–H and O–H groups in total. The molecule has 0 radical (unpaired) electrons. The largest absolute Gasteiger partial charge is 0.378 e. The Balaban J connectivity index is 1.30. The summed E-state index contributed by atoms with van der Waals surface area (Å²) in [6.07, 6.45) is 16.9. The van der Waals surface area contributed by atoms with E-state index in [1.807, 2.05) is 0 Å². The lowest BCUT2D eigenvalue weighted by Crippen LogP contribution is -2.37. The number of ether oxygens (including phenoxy) is 1. The smallest absolute Gasteiger partial charge is 0.0578 e. The molecule has 0 saturated heterocycles. The average molecular weight is 369 g/mol. The summed E-state index contributed by atoms with van der Waals surface area (Å²) in [6, 6.07) is 7.31. The summed E-state index contributed by atoms with van der Waals surface area (Å²) in [5.41, 5.74) is 4.84. The first kappa shape index (κ1) is 19.5. The maximum atomic E-state index is 6.17. The number of fused-ring (bicyclic) bond motifs is 2. The molecule has 0 heterocycles. The third-order valence-electron chi connectivity index (χ3n) is 8.07. The number of aryl methyl sites for hydroxylation is 2. The molecule has 0 aliphatic heterocycles. The van der Waals surface area contributed by atoms with Crippen molar-refractivity contribution in [3.63, 3.8) is 0 Å². The van der Waals surface area contributed by atoms with Crippen molar-refractivity contribution in [3.8, 4) is 0 Å². The molecule has 0 amide bonds. The van der Waals surface area contributed by atoms with Crippen molar-refractivity contribution in [1.82, 2.24) is 0 Å². The second kappa shape index (κ2) is 9.12. The lowest BCUT2D eigenvalue weighted by Gasteiger charge is -2.45. The molecule has 5 unspecified atom stereocenters. The fourth-order valence-corrected chi connectivity index (χ4v) is 6.32. The third kappa shape index (κ3) is 4.61. The van der Waals surface area contributed by atoms with Crippen LogP contribution in [0.4, 0.5) is 0 Å². The Kier molecular flexibility index (Phi) is 6.58. The van der Waals surface area contributed by atoms with E-state index in [4.69, 9.17) is 4.74 Å². The van der Waals surface area contributed by atoms with Crippen LogP contribution in [-0.4, -0.2) is 12.7 Å². The molecule has 0 spiro atoms. The van der Waals surface area contributed by atoms with Crippen molar-refractivity contribution in [2.24, 2.45) is 23.7 Å². The summed E-state index contributed by atoms with van der Waals surface area (Å²) in [6.45, 7) is 5.52. The number of rotatable bonds is 6. The molecule has 2 fully saturated rings. The van der Waals surface area contributed by atoms with E-state index < -0.39 is 0 Å². The van der Waals surface area contributed by atoms with E-state index in [-0.39, 0.29) is 0 Å². The van der Waals surface area contributed by atoms with E-state index in [9.17, 15) is 0 Å². The van der Waals surface area contributed by atoms with Crippen LogP contribution in [0, 0.1) is 23.7 Å². The lowest BCUT2D eigenvalue weighted by molar-refractivity contribution is -0.0247. The van der Waals surface area contributed by atoms with Crippen LogP contribution >= 0.6 is 0 Å². The van der Waals surface area contributed by atoms with Crippen LogP contribution in [0.15, 0.2) is 18.2 Å². The Morgan fingerprint density at radius 3 is 2.44 bits per heavy atom. The summed E-state index contributed by atoms with van der Waals surface area (Å²) in [7, 11) is 0. The van der Waals surface area contributed by atoms with Crippen LogP contribution in [-0.2, 0) is 24.0 Å². The van der Waals surface area contributed by atoms with Gasteiger partial charge in [-0.3, -0.25) is 0 Å². The summed E-state index contributed by atoms with van der Waals surface area (Å²) in [5, 5.41) is 0. The van der Waals surface area contributed by atoms with E-state index in [0.29, 0.717) is 6.10 Å². The molecular weight excluding hydrogens is 328 g/mol. The van der Waals surface area contributed by atoms with Gasteiger partial charge >= 0.3 is 0 Å². The Labute approximate surface area is 167 Å². The number of benzene rings is 1. The Bertz CT molecular complexity index is 606. The summed E-state index contributed by atoms with van der Waals surface area (Å²) in [4.78, 5) is 0. The van der Waals surface area contributed by atoms with Crippen LogP contribution in [0.1, 0.15) is 88.3 Å². The van der Waals surface area contributed by atoms with Gasteiger partial charge in [0.1, 0.15) is 0 Å². The average Bonchev–Trinajstić information content (AvgIpc) is 2.72. The van der Waals surface area contributed by atoms with E-state index in [1.165, 1.54) is 82.6 Å². The molecule has 1 aromatic carbocycles. The van der Waals surface area contributed by atoms with Crippen molar-refractivity contribution in [2.75, 3.05) is 6.61 Å². The second-order valence-corrected chi connectivity index (χ2v) is 9.71. The van der Waals surface area contributed by atoms with Gasteiger partial charge in [-0.15, -0.1) is 0 Å². The predicted octanol–water partition coefficient (Wildman–Crippen LogP) is 6.76. The van der Waals surface area contributed by atoms with Crippen LogP contribution in [0.25, 0.3) is 0 Å². The molecule has 1 nitrogen and oxygen atoms in total. The SMILES string of the molecule is CCCCOC1CCC2CC(C3CCc4cc(CC)ccc4C3)CCC2C1. The molecule has 4 rings (SSSR count). The van der Waals surface area contributed by atoms with Crippen LogP contribution in [0.2, 0.25) is 0 Å². The fraction of sp³-hybridized carbons (Fsp3) is 0.769. The quantitative estimate of drug-likeness (QED) is 0.504. The first-order chi connectivity index (χ1) is 13.3. The zero-order valence-corrected chi connectivity index (χ0v) is 17.7. The number of hydrogen-bond donors (Lipinski definition) is 0. The molecule has 3 aliphatic rings. The molecule has 1 aromatic rings. The molecule has 27 heavy (non-hydrogen) atoms. The van der Waals surface area contributed by atoms with E-state index in [1.54, 1.807) is 11.1 Å². The molecule has 150 valence electrons. The van der Waals surface area contributed by atoms with Crippen LogP contribution in [0.5, 0.6) is 0 Å². The van der Waals surface area contributed by atoms with Gasteiger partial charge in [-0.05, 0) is 111 Å². The molecule has 1 heteroatoms. The maximum Gasteiger partial charge on any atom is 0.0578 e. The molecule has 2 saturated carbocycles. The van der Waals surface area contributed by atoms with Crippen LogP contribution in [0.3, 0.4) is 0 Å². The zero-order chi connectivity index (χ0) is 18.6. The van der Waals surface area contributed by atoms with Crippen molar-refractivity contribution < 1.29 is 4.74 Å². The highest BCUT2D eigenvalue weighted by Crippen LogP contribution is 2.47. The summed E-state index contributed by atoms with van der Waals surface area (Å²) < 4.78 is 6.17. The summed E-state index contributed by atoms with van der Waals surface area (Å²) in [5.74, 6) is 3.90. The Hall–Kier alpha value is -0.820. The summed E-state index contributed by atoms with van der Waals surface area (Å²) >= 11 is 0. The van der Waals surface area contributed by atoms with Gasteiger partial charge < -0.3 is 4.74 Å². The minimum absolute atomic E-state index is 0.573. The lowest BCUT2D eigenvalue weighted by atomic mass is 9.62. The first-order valence-electron chi connectivity index (χ1n) is 12.0. The van der Waals surface area contributed by atoms with Gasteiger partial charge in [0.25, 0.3) is 0 Å². The van der Waals surface area contributed by atoms with Gasteiger partial charge in [0.2, 0.25) is 0 Å². The Morgan fingerprint density at radius 1 is 0.852 bits per heavy atom. The first-order valence-corrected chi connectivity index (χ1v) is 12.0. The van der Waals surface area contributed by atoms with Gasteiger partial charge in [-0.25, -0.2) is 0 Å². The van der Waals surface area contributed by atoms with E-state index >= 15 is 0 Å². The van der Waals surface area contributed by atoms with Gasteiger partial charge in [-0.1, -0.05) is 38.5 Å². The molecule has 0 bridgehead atoms. The van der Waals surface area contributed by atoms with Crippen molar-refractivity contribution >= 4 is 0 Å². The van der Waals surface area contributed by atoms with Gasteiger partial charge in [0.15, 0.2) is 0 Å². The molecular formula is C26H40O. The van der Waals surface area contributed by atoms with E-state index in [0.717, 1.165) is 30.3 Å². The highest BCUT2D eigenvalue weighted by molar-refractivity contribution is 5.34. The third-order valence-corrected chi connectivity index (χ3v) is 8.07. The highest BCUT2D eigenvalue weighted by atomic mass is 16.5. The predicted molar refractivity (Wildman–Crippen MR) is 114 cm³/mol. The standard InChI is InChI=1S/C26H40O/c1-3-5-14-27-26-13-12-24-17-23(10-11-25(24)18-26)22-9-8-20-15-19(4-2)6-7-21(20)16-22/h6-7,15,22-26H,3-5,8-14,16-18H2,1-2H3. The van der Waals surface area contributed by atoms with Gasteiger partial charge in [-0.2, -0.15) is 0 Å². The topological polar surface area (TPSA) is 9.23 Å². The minimum Gasteiger partial charge on any atom is -0.378 e. The van der Waals surface area contributed by atoms with Gasteiger partial charge in [0.05, 0.1) is 6.10 Å². The maximum absolute atomic E-state index is 6.17. The van der Waals surface area contributed by atoms with Crippen molar-refractivity contribution in [3.05, 3.63) is 34.9 Å². The molecule has 3 aliphatic carbocycles. The number of unbranched alkanes of at least 4 members (excludes halogenated alkanes) is 1. The fourth-order valence-electron chi connectivity index (χ4n) is 6.32. The van der Waals surface area contributed by atoms with Gasteiger partial charge in [0, 0.05) is 6.61 Å². The normalized spacial score (nSPS) is 33.3. The van der Waals surface area contributed by atoms with Crippen LogP contribution < -0.4 is 0 Å². The second-order valence-electron chi connectivity index (χ2n) is 9.71. The van der Waals surface area contributed by atoms with Crippen molar-refractivity contribution in [2.45, 2.75) is 97.0 Å². The zero-order valence-electron chi connectivity index (χ0n) is 17.7. The molecule has 0 aromatic heterocycles. The highest BCUT2D eigenvalue weighted by Gasteiger charge is 2.38. The van der Waals surface area contributed by atoms with Crippen molar-refractivity contribution in [1.29, 1.82) is 0 Å².